The molecule has 0 nitrogen and oxygen atoms in total. The van der Waals surface area contributed by atoms with Gasteiger partial charge in [-0.2, -0.15) is 8.78 Å². The van der Waals surface area contributed by atoms with Gasteiger partial charge < -0.3 is 0 Å². The summed E-state index contributed by atoms with van der Waals surface area (Å²) in [6.45, 7) is 0. The Morgan fingerprint density at radius 1 is 1.36 bits per heavy atom. The van der Waals surface area contributed by atoms with Gasteiger partial charge in [-0.3, -0.25) is 0 Å². The molecular formula is C7H4ClF2S. The summed E-state index contributed by atoms with van der Waals surface area (Å²) in [5.74, 6) is 0. The molecule has 0 amide bonds. The molecule has 11 heavy (non-hydrogen) atoms. The van der Waals surface area contributed by atoms with Crippen molar-refractivity contribution in [3.8, 4) is 0 Å². The number of benzene rings is 1. The first-order chi connectivity index (χ1) is 5.08. The molecule has 1 aromatic carbocycles. The molecule has 0 saturated heterocycles. The van der Waals surface area contributed by atoms with Gasteiger partial charge in [0.15, 0.2) is 0 Å². The second kappa shape index (κ2) is 3.41. The van der Waals surface area contributed by atoms with E-state index in [9.17, 15) is 8.78 Å². The molecule has 0 spiro atoms. The highest BCUT2D eigenvalue weighted by atomic mass is 35.5. The summed E-state index contributed by atoms with van der Waals surface area (Å²) in [5.41, 5.74) is 0. The maximum atomic E-state index is 12.1. The van der Waals surface area contributed by atoms with Gasteiger partial charge in [0.1, 0.15) is 0 Å². The molecule has 1 rings (SSSR count). The number of hydrogen-bond acceptors (Lipinski definition) is 1. The molecule has 0 unspecified atom stereocenters. The summed E-state index contributed by atoms with van der Waals surface area (Å²) in [5, 5.41) is 0. The Kier molecular flexibility index (Phi) is 2.73. The van der Waals surface area contributed by atoms with Crippen molar-refractivity contribution in [2.75, 3.05) is 0 Å². The van der Waals surface area contributed by atoms with Crippen molar-refractivity contribution in [3.05, 3.63) is 30.3 Å². The topological polar surface area (TPSA) is 0 Å². The van der Waals surface area contributed by atoms with Crippen LogP contribution in [0, 0.1) is 6.07 Å². The molecule has 1 aromatic rings. The Balaban J connectivity index is 2.66. The highest BCUT2D eigenvalue weighted by molar-refractivity contribution is 8.01. The van der Waals surface area contributed by atoms with E-state index >= 15 is 0 Å². The molecule has 0 atom stereocenters. The van der Waals surface area contributed by atoms with Crippen LogP contribution in [-0.4, -0.2) is 4.71 Å². The highest BCUT2D eigenvalue weighted by Gasteiger charge is 2.25. The number of halogens is 3. The minimum Gasteiger partial charge on any atom is -0.177 e. The number of hydrogen-bond donors (Lipinski definition) is 0. The fourth-order valence-electron chi connectivity index (χ4n) is 0.573. The lowest BCUT2D eigenvalue weighted by Gasteiger charge is -2.05. The Morgan fingerprint density at radius 2 is 1.91 bits per heavy atom. The molecule has 0 aromatic heterocycles. The zero-order chi connectivity index (χ0) is 8.32. The summed E-state index contributed by atoms with van der Waals surface area (Å²) in [4.78, 5) is 0.434. The van der Waals surface area contributed by atoms with Gasteiger partial charge in [0.25, 0.3) is 0 Å². The van der Waals surface area contributed by atoms with Crippen molar-refractivity contribution in [3.63, 3.8) is 0 Å². The van der Waals surface area contributed by atoms with Crippen molar-refractivity contribution < 1.29 is 8.78 Å². The molecule has 0 saturated carbocycles. The van der Waals surface area contributed by atoms with E-state index in [0.29, 0.717) is 16.7 Å². The van der Waals surface area contributed by atoms with Gasteiger partial charge >= 0.3 is 4.71 Å². The van der Waals surface area contributed by atoms with E-state index in [2.05, 4.69) is 17.7 Å². The van der Waals surface area contributed by atoms with Crippen LogP contribution in [0.1, 0.15) is 0 Å². The molecule has 0 aliphatic carbocycles. The van der Waals surface area contributed by atoms with Gasteiger partial charge in [-0.05, 0) is 41.6 Å². The normalized spacial score (nSPS) is 11.5. The summed E-state index contributed by atoms with van der Waals surface area (Å²) in [6.07, 6.45) is 0. The highest BCUT2D eigenvalue weighted by Crippen LogP contribution is 2.38. The summed E-state index contributed by atoms with van der Waals surface area (Å²) >= 11 is 5.00. The Morgan fingerprint density at radius 3 is 2.36 bits per heavy atom. The van der Waals surface area contributed by atoms with Crippen molar-refractivity contribution in [1.29, 1.82) is 0 Å². The van der Waals surface area contributed by atoms with Crippen LogP contribution in [0.4, 0.5) is 8.78 Å². The number of thioether (sulfide) groups is 1. The molecule has 0 aliphatic heterocycles. The van der Waals surface area contributed by atoms with E-state index in [-0.39, 0.29) is 0 Å². The van der Waals surface area contributed by atoms with Crippen LogP contribution in [-0.2, 0) is 0 Å². The lowest BCUT2D eigenvalue weighted by Crippen LogP contribution is -1.96. The lowest BCUT2D eigenvalue weighted by atomic mass is 10.4. The van der Waals surface area contributed by atoms with Gasteiger partial charge in [-0.25, -0.2) is 0 Å². The average molecular weight is 194 g/mol. The van der Waals surface area contributed by atoms with Gasteiger partial charge in [-0.15, -0.1) is 0 Å². The first-order valence-electron chi connectivity index (χ1n) is 2.80. The Hall–Kier alpha value is -0.280. The van der Waals surface area contributed by atoms with E-state index in [0.717, 1.165) is 0 Å². The summed E-state index contributed by atoms with van der Waals surface area (Å²) in [7, 11) is 0. The molecule has 0 N–H and O–H groups in total. The van der Waals surface area contributed by atoms with Crippen LogP contribution >= 0.6 is 23.4 Å². The second-order valence-corrected chi connectivity index (χ2v) is 3.67. The average Bonchev–Trinajstić information content (AvgIpc) is 1.85. The molecule has 0 bridgehead atoms. The van der Waals surface area contributed by atoms with Crippen molar-refractivity contribution in [2.24, 2.45) is 0 Å². The van der Waals surface area contributed by atoms with Gasteiger partial charge in [0, 0.05) is 4.90 Å². The molecule has 1 radical (unpaired) electrons. The minimum absolute atomic E-state index is 0.313. The van der Waals surface area contributed by atoms with E-state index in [1.807, 2.05) is 0 Å². The van der Waals surface area contributed by atoms with Crippen LogP contribution in [0.15, 0.2) is 29.2 Å². The summed E-state index contributed by atoms with van der Waals surface area (Å²) < 4.78 is 21.0. The first-order valence-corrected chi connectivity index (χ1v) is 3.99. The van der Waals surface area contributed by atoms with E-state index in [4.69, 9.17) is 0 Å². The first kappa shape index (κ1) is 8.81. The third-order valence-corrected chi connectivity index (χ3v) is 1.89. The Labute approximate surface area is 72.6 Å². The molecule has 0 aliphatic rings. The Bertz CT molecular complexity index is 220. The van der Waals surface area contributed by atoms with Crippen molar-refractivity contribution >= 4 is 23.4 Å². The lowest BCUT2D eigenvalue weighted by molar-refractivity contribution is 0.203. The van der Waals surface area contributed by atoms with E-state index < -0.39 is 4.71 Å². The molecule has 4 heteroatoms. The number of alkyl halides is 3. The fourth-order valence-corrected chi connectivity index (χ4v) is 1.38. The van der Waals surface area contributed by atoms with Crippen LogP contribution in [0.2, 0.25) is 0 Å². The fraction of sp³-hybridized carbons (Fsp3) is 0.143. The predicted molar refractivity (Wildman–Crippen MR) is 41.9 cm³/mol. The molecule has 0 heterocycles. The second-order valence-electron chi connectivity index (χ2n) is 1.78. The quantitative estimate of drug-likeness (QED) is 0.513. The van der Waals surface area contributed by atoms with Gasteiger partial charge in [0.2, 0.25) is 0 Å². The van der Waals surface area contributed by atoms with Crippen molar-refractivity contribution in [1.82, 2.24) is 0 Å². The molecule has 59 valence electrons. The van der Waals surface area contributed by atoms with Gasteiger partial charge in [0.05, 0.1) is 0 Å². The zero-order valence-electron chi connectivity index (χ0n) is 5.35. The van der Waals surface area contributed by atoms with E-state index in [1.54, 1.807) is 12.1 Å². The predicted octanol–water partition coefficient (Wildman–Crippen LogP) is 3.37. The molecular weight excluding hydrogens is 190 g/mol. The van der Waals surface area contributed by atoms with Crippen LogP contribution in [0.5, 0.6) is 0 Å². The SMILES string of the molecule is FC(F)(Cl)Sc1cc[c]cc1. The largest absolute Gasteiger partial charge is 0.375 e. The van der Waals surface area contributed by atoms with E-state index in [1.165, 1.54) is 12.1 Å². The molecule has 0 fully saturated rings. The third kappa shape index (κ3) is 3.58. The zero-order valence-corrected chi connectivity index (χ0v) is 6.92. The maximum absolute atomic E-state index is 12.1. The third-order valence-electron chi connectivity index (χ3n) is 0.921. The monoisotopic (exact) mass is 193 g/mol. The minimum atomic E-state index is -3.22. The smallest absolute Gasteiger partial charge is 0.177 e. The number of rotatable bonds is 2. The standard InChI is InChI=1S/C7H4ClF2S/c8-7(9,10)11-6-4-2-1-3-5-6/h2-5H. The van der Waals surface area contributed by atoms with Gasteiger partial charge in [-0.1, -0.05) is 12.1 Å². The maximum Gasteiger partial charge on any atom is 0.375 e. The van der Waals surface area contributed by atoms with Crippen LogP contribution in [0.3, 0.4) is 0 Å². The van der Waals surface area contributed by atoms with Crippen LogP contribution < -0.4 is 0 Å². The summed E-state index contributed by atoms with van der Waals surface area (Å²) in [6, 6.07) is 8.90. The van der Waals surface area contributed by atoms with Crippen LogP contribution in [0.25, 0.3) is 0 Å². The van der Waals surface area contributed by atoms with Crippen molar-refractivity contribution in [2.45, 2.75) is 9.61 Å².